The quantitative estimate of drug-likeness (QED) is 0.393. The molecule has 0 saturated carbocycles. The molecule has 0 atom stereocenters. The third-order valence-electron chi connectivity index (χ3n) is 4.48. The molecule has 0 nitrogen and oxygen atoms in total. The predicted molar refractivity (Wildman–Crippen MR) is 108 cm³/mol. The molecule has 0 bridgehead atoms. The van der Waals surface area contributed by atoms with Gasteiger partial charge in [0, 0.05) is 6.42 Å². The van der Waals surface area contributed by atoms with E-state index in [1.165, 1.54) is 65.5 Å². The topological polar surface area (TPSA) is 0 Å². The number of rotatable bonds is 6. The molecule has 0 N–H and O–H groups in total. The summed E-state index contributed by atoms with van der Waals surface area (Å²) < 4.78 is 0. The molecule has 0 aromatic heterocycles. The van der Waals surface area contributed by atoms with Crippen molar-refractivity contribution in [2.45, 2.75) is 46.0 Å². The summed E-state index contributed by atoms with van der Waals surface area (Å²) in [6.45, 7) is 4.43. The molecule has 2 aromatic rings. The summed E-state index contributed by atoms with van der Waals surface area (Å²) in [7, 11) is 9.87. The van der Waals surface area contributed by atoms with E-state index in [-0.39, 0.29) is 0 Å². The van der Waals surface area contributed by atoms with Gasteiger partial charge in [0.1, 0.15) is 0 Å². The first-order chi connectivity index (χ1) is 12.2. The van der Waals surface area contributed by atoms with E-state index in [2.05, 4.69) is 68.8 Å². The number of aryl methyl sites for hydroxylation is 1. The van der Waals surface area contributed by atoms with Gasteiger partial charge in [0.15, 0.2) is 0 Å². The number of hydrogen-bond acceptors (Lipinski definition) is 0. The van der Waals surface area contributed by atoms with Crippen LogP contribution in [0.4, 0.5) is 0 Å². The Morgan fingerprint density at radius 1 is 0.920 bits per heavy atom. The van der Waals surface area contributed by atoms with E-state index in [4.69, 9.17) is 17.0 Å². The summed E-state index contributed by atoms with van der Waals surface area (Å²) in [5.74, 6) is 0. The van der Waals surface area contributed by atoms with Crippen molar-refractivity contribution in [2.75, 3.05) is 0 Å². The molecule has 0 saturated heterocycles. The van der Waals surface area contributed by atoms with Gasteiger partial charge in [-0.3, -0.25) is 0 Å². The molecule has 131 valence electrons. The fraction of sp³-hybridized carbons (Fsp3) is 0.318. The molecule has 1 aliphatic rings. The predicted octanol–water partition coefficient (Wildman–Crippen LogP) is 7.82. The van der Waals surface area contributed by atoms with Crippen LogP contribution in [-0.2, 0) is 27.3 Å². The minimum atomic E-state index is -0.826. The van der Waals surface area contributed by atoms with Crippen LogP contribution in [0.3, 0.4) is 0 Å². The van der Waals surface area contributed by atoms with Crippen molar-refractivity contribution in [2.24, 2.45) is 0 Å². The van der Waals surface area contributed by atoms with Crippen molar-refractivity contribution >= 4 is 23.1 Å². The molecule has 0 spiro atoms. The van der Waals surface area contributed by atoms with Gasteiger partial charge in [-0.25, -0.2) is 0 Å². The molecule has 0 heterocycles. The van der Waals surface area contributed by atoms with Crippen molar-refractivity contribution < 1.29 is 20.8 Å². The van der Waals surface area contributed by atoms with Gasteiger partial charge in [0.05, 0.1) is 0 Å². The van der Waals surface area contributed by atoms with E-state index in [1.54, 1.807) is 0 Å². The van der Waals surface area contributed by atoms with Crippen LogP contribution < -0.4 is 0 Å². The van der Waals surface area contributed by atoms with Gasteiger partial charge >= 0.3 is 37.9 Å². The van der Waals surface area contributed by atoms with Crippen molar-refractivity contribution in [3.63, 3.8) is 0 Å². The molecule has 0 unspecified atom stereocenters. The Morgan fingerprint density at radius 2 is 1.64 bits per heavy atom. The summed E-state index contributed by atoms with van der Waals surface area (Å²) in [5.41, 5.74) is 8.20. The van der Waals surface area contributed by atoms with E-state index in [9.17, 15) is 0 Å². The molecule has 3 rings (SSSR count). The zero-order valence-corrected chi connectivity index (χ0v) is 19.0. The number of allylic oxidation sites excluding steroid dienone is 1. The zero-order valence-electron chi connectivity index (χ0n) is 15.0. The standard InChI is InChI=1S/C22H25.2ClH.Zr/c1-3-4-5-6-8-18-11-13-19(14-12-18)21-10-7-9-20-15-17(2)16-22(20)21;;;/h7,9-16H,3-6,8H2,1-2H3;2*1H;/q;;;+2/p-2. The zero-order chi connectivity index (χ0) is 18.1. The summed E-state index contributed by atoms with van der Waals surface area (Å²) in [6, 6.07) is 15.8. The van der Waals surface area contributed by atoms with Crippen molar-refractivity contribution in [3.05, 3.63) is 71.1 Å². The average molecular weight is 452 g/mol. The van der Waals surface area contributed by atoms with Gasteiger partial charge in [-0.15, -0.1) is 0 Å². The first kappa shape index (κ1) is 20.9. The van der Waals surface area contributed by atoms with Gasteiger partial charge in [-0.1, -0.05) is 80.3 Å². The maximum absolute atomic E-state index is 4.93. The van der Waals surface area contributed by atoms with E-state index in [1.807, 2.05) is 0 Å². The minimum absolute atomic E-state index is 0.826. The van der Waals surface area contributed by atoms with E-state index in [0.29, 0.717) is 0 Å². The van der Waals surface area contributed by atoms with Gasteiger partial charge in [-0.05, 0) is 47.6 Å². The monoisotopic (exact) mass is 449 g/mol. The third-order valence-corrected chi connectivity index (χ3v) is 4.48. The van der Waals surface area contributed by atoms with Crippen LogP contribution in [0.1, 0.15) is 56.2 Å². The van der Waals surface area contributed by atoms with Gasteiger partial charge in [-0.2, -0.15) is 0 Å². The molecule has 0 fully saturated rings. The molecule has 2 aromatic carbocycles. The molecule has 0 amide bonds. The molecule has 1 radical (unpaired) electrons. The van der Waals surface area contributed by atoms with Crippen LogP contribution in [0, 0.1) is 6.42 Å². The van der Waals surface area contributed by atoms with Crippen molar-refractivity contribution in [3.8, 4) is 11.1 Å². The van der Waals surface area contributed by atoms with Crippen molar-refractivity contribution in [1.82, 2.24) is 0 Å². The fourth-order valence-corrected chi connectivity index (χ4v) is 3.24. The second-order valence-electron chi connectivity index (χ2n) is 6.42. The number of halogens is 2. The average Bonchev–Trinajstić information content (AvgIpc) is 3.00. The van der Waals surface area contributed by atoms with E-state index >= 15 is 0 Å². The van der Waals surface area contributed by atoms with E-state index in [0.717, 1.165) is 0 Å². The summed E-state index contributed by atoms with van der Waals surface area (Å²) in [4.78, 5) is 0. The van der Waals surface area contributed by atoms with Gasteiger partial charge in [0.25, 0.3) is 0 Å². The Labute approximate surface area is 171 Å². The normalized spacial score (nSPS) is 12.1. The molecule has 3 heteroatoms. The fourth-order valence-electron chi connectivity index (χ4n) is 3.24. The summed E-state index contributed by atoms with van der Waals surface area (Å²) >= 11 is -0.826. The second-order valence-corrected chi connectivity index (χ2v) is 10.2. The van der Waals surface area contributed by atoms with Crippen LogP contribution in [0.25, 0.3) is 17.2 Å². The van der Waals surface area contributed by atoms with Crippen LogP contribution in [0.5, 0.6) is 0 Å². The van der Waals surface area contributed by atoms with E-state index < -0.39 is 20.8 Å². The summed E-state index contributed by atoms with van der Waals surface area (Å²) in [6.07, 6.45) is 11.1. The first-order valence-corrected chi connectivity index (χ1v) is 15.2. The SMILES string of the molecule is CCCCCCc1ccc(-c2cccc3c2C=C(C)[CH]3)cc1.[Cl][Zr][Cl]. The maximum atomic E-state index is 4.93. The third kappa shape index (κ3) is 6.39. The number of benzene rings is 2. The van der Waals surface area contributed by atoms with Crippen LogP contribution in [0.15, 0.2) is 48.0 Å². The van der Waals surface area contributed by atoms with Crippen LogP contribution in [-0.4, -0.2) is 0 Å². The molecular formula is C22H25Cl2Zr. The Bertz CT molecular complexity index is 690. The van der Waals surface area contributed by atoms with Crippen molar-refractivity contribution in [1.29, 1.82) is 0 Å². The number of unbranched alkanes of at least 4 members (excludes halogenated alkanes) is 3. The molecule has 1 aliphatic carbocycles. The Balaban J connectivity index is 0.000000701. The molecular weight excluding hydrogens is 426 g/mol. The number of hydrogen-bond donors (Lipinski definition) is 0. The van der Waals surface area contributed by atoms with Crippen LogP contribution in [0.2, 0.25) is 0 Å². The molecule has 0 aliphatic heterocycles. The van der Waals surface area contributed by atoms with Gasteiger partial charge in [0.2, 0.25) is 0 Å². The Kier molecular flexibility index (Phi) is 9.53. The van der Waals surface area contributed by atoms with Crippen LogP contribution >= 0.6 is 17.0 Å². The first-order valence-electron chi connectivity index (χ1n) is 8.91. The summed E-state index contributed by atoms with van der Waals surface area (Å²) in [5, 5.41) is 0. The number of fused-ring (bicyclic) bond motifs is 1. The van der Waals surface area contributed by atoms with Gasteiger partial charge < -0.3 is 0 Å². The Hall–Kier alpha value is -0.357. The Morgan fingerprint density at radius 3 is 2.32 bits per heavy atom. The second kappa shape index (κ2) is 11.4. The molecule has 25 heavy (non-hydrogen) atoms.